The molecule has 31 heavy (non-hydrogen) atoms. The normalized spacial score (nSPS) is 26.0. The van der Waals surface area contributed by atoms with E-state index in [9.17, 15) is 4.79 Å². The third-order valence-electron chi connectivity index (χ3n) is 7.40. The molecule has 1 amide bonds. The molecule has 4 heterocycles. The number of benzene rings is 1. The number of piperidine rings is 1. The number of ether oxygens (including phenoxy) is 2. The Morgan fingerprint density at radius 2 is 1.97 bits per heavy atom. The lowest BCUT2D eigenvalue weighted by Gasteiger charge is -2.54. The molecule has 5 rings (SSSR count). The van der Waals surface area contributed by atoms with Crippen molar-refractivity contribution in [1.82, 2.24) is 9.88 Å². The largest absolute Gasteiger partial charge is 0.487 e. The van der Waals surface area contributed by atoms with Gasteiger partial charge in [0.15, 0.2) is 0 Å². The molecule has 2 fully saturated rings. The molecule has 0 unspecified atom stereocenters. The van der Waals surface area contributed by atoms with E-state index in [4.69, 9.17) is 21.1 Å². The molecule has 1 aromatic carbocycles. The van der Waals surface area contributed by atoms with Crippen LogP contribution < -0.4 is 4.74 Å². The number of carbonyl (C=O) groups is 1. The zero-order valence-corrected chi connectivity index (χ0v) is 19.1. The lowest BCUT2D eigenvalue weighted by molar-refractivity contribution is -0.173. The van der Waals surface area contributed by atoms with Crippen molar-refractivity contribution in [3.05, 3.63) is 58.4 Å². The summed E-state index contributed by atoms with van der Waals surface area (Å²) in [6, 6.07) is 9.57. The topological polar surface area (TPSA) is 51.7 Å². The maximum atomic E-state index is 12.9. The highest BCUT2D eigenvalue weighted by Gasteiger charge is 2.53. The number of amides is 1. The number of hydrogen-bond donors (Lipinski definition) is 0. The Kier molecular flexibility index (Phi) is 5.02. The minimum Gasteiger partial charge on any atom is -0.487 e. The Morgan fingerprint density at radius 3 is 2.68 bits per heavy atom. The molecule has 0 radical (unpaired) electrons. The van der Waals surface area contributed by atoms with E-state index in [1.807, 2.05) is 42.2 Å². The monoisotopic (exact) mass is 440 g/mol. The summed E-state index contributed by atoms with van der Waals surface area (Å²) in [6.07, 6.45) is 4.60. The molecule has 1 spiro atoms. The van der Waals surface area contributed by atoms with E-state index in [1.165, 1.54) is 0 Å². The number of pyridine rings is 1. The summed E-state index contributed by atoms with van der Waals surface area (Å²) >= 11 is 6.27. The second-order valence-corrected chi connectivity index (χ2v) is 10.3. The van der Waals surface area contributed by atoms with Gasteiger partial charge < -0.3 is 14.4 Å². The van der Waals surface area contributed by atoms with Crippen LogP contribution in [-0.2, 0) is 4.74 Å². The van der Waals surface area contributed by atoms with Gasteiger partial charge in [-0.1, -0.05) is 11.6 Å². The fourth-order valence-corrected chi connectivity index (χ4v) is 5.62. The van der Waals surface area contributed by atoms with Crippen molar-refractivity contribution in [3.63, 3.8) is 0 Å². The van der Waals surface area contributed by atoms with Gasteiger partial charge in [-0.3, -0.25) is 9.78 Å². The fourth-order valence-electron chi connectivity index (χ4n) is 5.44. The molecule has 0 bridgehead atoms. The highest BCUT2D eigenvalue weighted by atomic mass is 35.5. The third-order valence-corrected chi connectivity index (χ3v) is 7.64. The quantitative estimate of drug-likeness (QED) is 0.610. The highest BCUT2D eigenvalue weighted by molar-refractivity contribution is 6.30. The van der Waals surface area contributed by atoms with Gasteiger partial charge in [0.1, 0.15) is 11.4 Å². The number of carbonyl (C=O) groups excluding carboxylic acids is 1. The zero-order valence-electron chi connectivity index (χ0n) is 18.4. The number of aryl methyl sites for hydroxylation is 1. The first kappa shape index (κ1) is 20.8. The molecule has 3 aliphatic heterocycles. The van der Waals surface area contributed by atoms with Crippen LogP contribution in [0, 0.1) is 18.3 Å². The molecule has 2 saturated heterocycles. The average molecular weight is 441 g/mol. The SMILES string of the molecule is Cc1ccc(C(=O)N2CCC3(CC2)CO[C@@H]2c4cc(Cl)ccc4OC(C)(C)[C@H]2C3)cn1. The summed E-state index contributed by atoms with van der Waals surface area (Å²) in [5.74, 6) is 1.19. The van der Waals surface area contributed by atoms with Crippen molar-refractivity contribution in [2.24, 2.45) is 11.3 Å². The second kappa shape index (κ2) is 7.49. The number of halogens is 1. The van der Waals surface area contributed by atoms with Crippen LogP contribution in [0.25, 0.3) is 0 Å². The van der Waals surface area contributed by atoms with Gasteiger partial charge in [0, 0.05) is 41.5 Å². The third kappa shape index (κ3) is 3.72. The Labute approximate surface area is 188 Å². The molecule has 1 aromatic heterocycles. The van der Waals surface area contributed by atoms with E-state index in [1.54, 1.807) is 6.20 Å². The van der Waals surface area contributed by atoms with Gasteiger partial charge in [-0.05, 0) is 75.8 Å². The Balaban J connectivity index is 1.31. The van der Waals surface area contributed by atoms with Crippen molar-refractivity contribution in [3.8, 4) is 5.75 Å². The van der Waals surface area contributed by atoms with E-state index in [-0.39, 0.29) is 28.9 Å². The first-order valence-electron chi connectivity index (χ1n) is 11.1. The van der Waals surface area contributed by atoms with Crippen molar-refractivity contribution < 1.29 is 14.3 Å². The summed E-state index contributed by atoms with van der Waals surface area (Å²) in [5, 5.41) is 0.710. The maximum absolute atomic E-state index is 12.9. The molecule has 5 nitrogen and oxygen atoms in total. The van der Waals surface area contributed by atoms with Crippen LogP contribution in [0.2, 0.25) is 5.02 Å². The molecule has 0 aliphatic carbocycles. The molecule has 0 saturated carbocycles. The average Bonchev–Trinajstić information content (AvgIpc) is 2.75. The molecule has 164 valence electrons. The van der Waals surface area contributed by atoms with Gasteiger partial charge in [-0.25, -0.2) is 0 Å². The maximum Gasteiger partial charge on any atom is 0.255 e. The molecular weight excluding hydrogens is 412 g/mol. The minimum absolute atomic E-state index is 0.00127. The molecular formula is C25H29ClN2O3. The summed E-state index contributed by atoms with van der Waals surface area (Å²) in [7, 11) is 0. The van der Waals surface area contributed by atoms with Gasteiger partial charge in [0.2, 0.25) is 0 Å². The van der Waals surface area contributed by atoms with Gasteiger partial charge in [0.05, 0.1) is 18.3 Å². The van der Waals surface area contributed by atoms with Gasteiger partial charge >= 0.3 is 0 Å². The predicted molar refractivity (Wildman–Crippen MR) is 120 cm³/mol. The number of nitrogens with zero attached hydrogens (tertiary/aromatic N) is 2. The highest BCUT2D eigenvalue weighted by Crippen LogP contribution is 2.55. The van der Waals surface area contributed by atoms with Crippen LogP contribution in [0.1, 0.15) is 60.8 Å². The Morgan fingerprint density at radius 1 is 1.19 bits per heavy atom. The standard InChI is InChI=1S/C25H29ClN2O3/c1-16-4-5-17(14-27-16)23(29)28-10-8-25(9-11-28)13-20-22(30-15-25)19-12-18(26)6-7-21(19)31-24(20,2)3/h4-7,12,14,20,22H,8-11,13,15H2,1-3H3/t20-,22+/m0/s1. The fraction of sp³-hybridized carbons (Fsp3) is 0.520. The zero-order chi connectivity index (χ0) is 21.8. The summed E-state index contributed by atoms with van der Waals surface area (Å²) in [5.41, 5.74) is 2.41. The molecule has 3 aliphatic rings. The predicted octanol–water partition coefficient (Wildman–Crippen LogP) is 5.21. The van der Waals surface area contributed by atoms with E-state index in [0.717, 1.165) is 49.4 Å². The Hall–Kier alpha value is -2.11. The van der Waals surface area contributed by atoms with E-state index in [2.05, 4.69) is 18.8 Å². The van der Waals surface area contributed by atoms with Gasteiger partial charge in [0.25, 0.3) is 5.91 Å². The number of likely N-dealkylation sites (tertiary alicyclic amines) is 1. The number of fused-ring (bicyclic) bond motifs is 3. The summed E-state index contributed by atoms with van der Waals surface area (Å²) in [4.78, 5) is 19.1. The summed E-state index contributed by atoms with van der Waals surface area (Å²) in [6.45, 7) is 8.46. The molecule has 2 aromatic rings. The van der Waals surface area contributed by atoms with E-state index < -0.39 is 0 Å². The van der Waals surface area contributed by atoms with Crippen LogP contribution >= 0.6 is 11.6 Å². The molecule has 6 heteroatoms. The first-order chi connectivity index (χ1) is 14.8. The number of rotatable bonds is 1. The van der Waals surface area contributed by atoms with E-state index >= 15 is 0 Å². The van der Waals surface area contributed by atoms with Crippen LogP contribution in [0.15, 0.2) is 36.5 Å². The minimum atomic E-state index is -0.320. The lowest BCUT2D eigenvalue weighted by atomic mass is 9.64. The van der Waals surface area contributed by atoms with Gasteiger partial charge in [-0.15, -0.1) is 0 Å². The van der Waals surface area contributed by atoms with Crippen LogP contribution in [0.5, 0.6) is 5.75 Å². The summed E-state index contributed by atoms with van der Waals surface area (Å²) < 4.78 is 12.9. The van der Waals surface area contributed by atoms with Crippen LogP contribution in [0.4, 0.5) is 0 Å². The van der Waals surface area contributed by atoms with Crippen molar-refractivity contribution >= 4 is 17.5 Å². The Bertz CT molecular complexity index is 996. The van der Waals surface area contributed by atoms with Crippen molar-refractivity contribution in [2.75, 3.05) is 19.7 Å². The molecule has 2 atom stereocenters. The smallest absolute Gasteiger partial charge is 0.255 e. The van der Waals surface area contributed by atoms with E-state index in [0.29, 0.717) is 17.2 Å². The molecule has 0 N–H and O–H groups in total. The first-order valence-corrected chi connectivity index (χ1v) is 11.5. The lowest BCUT2D eigenvalue weighted by Crippen LogP contribution is -2.54. The number of hydrogen-bond acceptors (Lipinski definition) is 4. The second-order valence-electron chi connectivity index (χ2n) is 9.91. The van der Waals surface area contributed by atoms with Crippen LogP contribution in [0.3, 0.4) is 0 Å². The van der Waals surface area contributed by atoms with Crippen LogP contribution in [-0.4, -0.2) is 41.1 Å². The van der Waals surface area contributed by atoms with Crippen molar-refractivity contribution in [1.29, 1.82) is 0 Å². The van der Waals surface area contributed by atoms with Gasteiger partial charge in [-0.2, -0.15) is 0 Å². The number of aromatic nitrogens is 1. The van der Waals surface area contributed by atoms with Crippen molar-refractivity contribution in [2.45, 2.75) is 51.7 Å².